The van der Waals surface area contributed by atoms with Gasteiger partial charge >= 0.3 is 0 Å². The smallest absolute Gasteiger partial charge is 0.243 e. The maximum Gasteiger partial charge on any atom is 0.243 e. The van der Waals surface area contributed by atoms with E-state index in [4.69, 9.17) is 11.6 Å². The number of anilines is 1. The Balaban J connectivity index is 1.97. The zero-order chi connectivity index (χ0) is 19.1. The van der Waals surface area contributed by atoms with Crippen molar-refractivity contribution in [3.63, 3.8) is 0 Å². The number of hydrogen-bond acceptors (Lipinski definition) is 3. The van der Waals surface area contributed by atoms with Crippen molar-refractivity contribution in [3.05, 3.63) is 29.0 Å². The summed E-state index contributed by atoms with van der Waals surface area (Å²) in [5.74, 6) is 0.190. The van der Waals surface area contributed by atoms with Crippen LogP contribution in [0.2, 0.25) is 5.02 Å². The number of benzene rings is 1. The van der Waals surface area contributed by atoms with E-state index in [1.54, 1.807) is 26.2 Å². The van der Waals surface area contributed by atoms with Crippen LogP contribution in [0.5, 0.6) is 0 Å². The van der Waals surface area contributed by atoms with Crippen LogP contribution in [0.4, 0.5) is 10.1 Å². The van der Waals surface area contributed by atoms with Crippen molar-refractivity contribution in [1.29, 1.82) is 0 Å². The number of hydrogen-bond donors (Lipinski definition) is 2. The van der Waals surface area contributed by atoms with Gasteiger partial charge in [0.25, 0.3) is 0 Å². The molecule has 0 spiro atoms. The molecule has 1 fully saturated rings. The van der Waals surface area contributed by atoms with E-state index in [2.05, 4.69) is 27.4 Å². The van der Waals surface area contributed by atoms with Gasteiger partial charge in [-0.1, -0.05) is 18.5 Å². The molecule has 2 rings (SSSR count). The molecule has 0 aromatic heterocycles. The highest BCUT2D eigenvalue weighted by molar-refractivity contribution is 6.31. The molecule has 1 atom stereocenters. The highest BCUT2D eigenvalue weighted by Gasteiger charge is 2.24. The number of nitrogens with zero attached hydrogens (tertiary/aromatic N) is 3. The van der Waals surface area contributed by atoms with Crippen LogP contribution >= 0.6 is 11.6 Å². The first-order valence-corrected chi connectivity index (χ1v) is 9.23. The second-order valence-corrected chi connectivity index (χ2v) is 6.96. The van der Waals surface area contributed by atoms with Crippen LogP contribution in [0.25, 0.3) is 0 Å². The molecule has 1 saturated heterocycles. The van der Waals surface area contributed by atoms with E-state index in [1.807, 2.05) is 0 Å². The SMILES string of the molecule is CCCNC(=NCC(=O)N(C)C)NC1CCN(c2ccc(F)c(Cl)c2)C1. The summed E-state index contributed by atoms with van der Waals surface area (Å²) in [5.41, 5.74) is 0.906. The summed E-state index contributed by atoms with van der Waals surface area (Å²) in [5, 5.41) is 6.76. The average Bonchev–Trinajstić information content (AvgIpc) is 3.07. The second-order valence-electron chi connectivity index (χ2n) is 6.55. The van der Waals surface area contributed by atoms with Crippen molar-refractivity contribution < 1.29 is 9.18 Å². The third kappa shape index (κ3) is 5.76. The van der Waals surface area contributed by atoms with Gasteiger partial charge in [0, 0.05) is 45.5 Å². The van der Waals surface area contributed by atoms with E-state index in [1.165, 1.54) is 11.0 Å². The van der Waals surface area contributed by atoms with Gasteiger partial charge < -0.3 is 20.4 Å². The molecule has 1 aromatic rings. The first-order valence-electron chi connectivity index (χ1n) is 8.85. The molecule has 1 amide bonds. The summed E-state index contributed by atoms with van der Waals surface area (Å²) in [6.45, 7) is 4.57. The fraction of sp³-hybridized carbons (Fsp3) is 0.556. The molecule has 6 nitrogen and oxygen atoms in total. The molecular weight excluding hydrogens is 357 g/mol. The molecule has 1 aliphatic heterocycles. The quantitative estimate of drug-likeness (QED) is 0.583. The second kappa shape index (κ2) is 9.62. The van der Waals surface area contributed by atoms with Crippen LogP contribution < -0.4 is 15.5 Å². The lowest BCUT2D eigenvalue weighted by Crippen LogP contribution is -2.45. The van der Waals surface area contributed by atoms with Crippen molar-refractivity contribution in [2.24, 2.45) is 4.99 Å². The Morgan fingerprint density at radius 1 is 1.46 bits per heavy atom. The minimum Gasteiger partial charge on any atom is -0.369 e. The number of carbonyl (C=O) groups excluding carboxylic acids is 1. The number of aliphatic imine (C=N–C) groups is 1. The molecule has 0 radical (unpaired) electrons. The number of likely N-dealkylation sites (N-methyl/N-ethyl adjacent to an activating group) is 1. The first kappa shape index (κ1) is 20.3. The van der Waals surface area contributed by atoms with Crippen molar-refractivity contribution in [2.75, 3.05) is 45.2 Å². The third-order valence-electron chi connectivity index (χ3n) is 4.21. The molecule has 0 saturated carbocycles. The Labute approximate surface area is 159 Å². The maximum atomic E-state index is 13.3. The Morgan fingerprint density at radius 2 is 2.23 bits per heavy atom. The Kier molecular flexibility index (Phi) is 7.50. The van der Waals surface area contributed by atoms with Gasteiger partial charge in [-0.25, -0.2) is 9.38 Å². The predicted molar refractivity (Wildman–Crippen MR) is 104 cm³/mol. The van der Waals surface area contributed by atoms with Gasteiger partial charge in [-0.05, 0) is 31.0 Å². The summed E-state index contributed by atoms with van der Waals surface area (Å²) in [7, 11) is 3.43. The molecule has 0 bridgehead atoms. The minimum absolute atomic E-state index is 0.0448. The Hall–Kier alpha value is -2.02. The monoisotopic (exact) mass is 383 g/mol. The van der Waals surface area contributed by atoms with E-state index in [0.29, 0.717) is 5.96 Å². The van der Waals surface area contributed by atoms with Gasteiger partial charge in [-0.15, -0.1) is 0 Å². The highest BCUT2D eigenvalue weighted by Crippen LogP contribution is 2.25. The van der Waals surface area contributed by atoms with E-state index in [9.17, 15) is 9.18 Å². The van der Waals surface area contributed by atoms with Crippen LogP contribution in [-0.4, -0.2) is 63.1 Å². The van der Waals surface area contributed by atoms with Crippen LogP contribution in [-0.2, 0) is 4.79 Å². The summed E-state index contributed by atoms with van der Waals surface area (Å²) in [6.07, 6.45) is 1.89. The molecule has 26 heavy (non-hydrogen) atoms. The molecule has 1 aromatic carbocycles. The van der Waals surface area contributed by atoms with Gasteiger partial charge in [0.05, 0.1) is 5.02 Å². The fourth-order valence-corrected chi connectivity index (χ4v) is 2.85. The van der Waals surface area contributed by atoms with Crippen molar-refractivity contribution >= 4 is 29.2 Å². The van der Waals surface area contributed by atoms with Crippen molar-refractivity contribution in [2.45, 2.75) is 25.8 Å². The molecule has 0 aliphatic carbocycles. The van der Waals surface area contributed by atoms with Crippen molar-refractivity contribution in [3.8, 4) is 0 Å². The molecule has 2 N–H and O–H groups in total. The van der Waals surface area contributed by atoms with E-state index in [-0.39, 0.29) is 23.5 Å². The summed E-state index contributed by atoms with van der Waals surface area (Å²) < 4.78 is 13.3. The maximum absolute atomic E-state index is 13.3. The number of amides is 1. The Bertz CT molecular complexity index is 652. The zero-order valence-electron chi connectivity index (χ0n) is 15.6. The molecule has 1 unspecified atom stereocenters. The fourth-order valence-electron chi connectivity index (χ4n) is 2.67. The number of nitrogens with one attached hydrogen (secondary N) is 2. The summed E-state index contributed by atoms with van der Waals surface area (Å²) in [4.78, 5) is 19.8. The van der Waals surface area contributed by atoms with Gasteiger partial charge in [0.1, 0.15) is 12.4 Å². The van der Waals surface area contributed by atoms with Crippen LogP contribution in [0.1, 0.15) is 19.8 Å². The normalized spacial score (nSPS) is 17.3. The van der Waals surface area contributed by atoms with E-state index >= 15 is 0 Å². The van der Waals surface area contributed by atoms with Gasteiger partial charge in [0.2, 0.25) is 5.91 Å². The largest absolute Gasteiger partial charge is 0.369 e. The number of guanidine groups is 1. The lowest BCUT2D eigenvalue weighted by atomic mass is 10.2. The molecule has 8 heteroatoms. The van der Waals surface area contributed by atoms with E-state index in [0.717, 1.165) is 38.2 Å². The van der Waals surface area contributed by atoms with Crippen molar-refractivity contribution in [1.82, 2.24) is 15.5 Å². The van der Waals surface area contributed by atoms with Gasteiger partial charge in [-0.3, -0.25) is 4.79 Å². The van der Waals surface area contributed by atoms with E-state index < -0.39 is 5.82 Å². The lowest BCUT2D eigenvalue weighted by Gasteiger charge is -2.21. The van der Waals surface area contributed by atoms with Gasteiger partial charge in [0.15, 0.2) is 5.96 Å². The summed E-state index contributed by atoms with van der Waals surface area (Å²) in [6, 6.07) is 4.97. The van der Waals surface area contributed by atoms with Crippen LogP contribution in [0, 0.1) is 5.82 Å². The predicted octanol–water partition coefficient (Wildman–Crippen LogP) is 2.09. The third-order valence-corrected chi connectivity index (χ3v) is 4.50. The standard InChI is InChI=1S/C18H27ClFN5O/c1-4-8-21-18(22-11-17(26)24(2)3)23-13-7-9-25(12-13)14-5-6-16(20)15(19)10-14/h5-6,10,13H,4,7-9,11-12H2,1-3H3,(H2,21,22,23). The highest BCUT2D eigenvalue weighted by atomic mass is 35.5. The topological polar surface area (TPSA) is 60.0 Å². The van der Waals surface area contributed by atoms with Crippen LogP contribution in [0.3, 0.4) is 0 Å². The minimum atomic E-state index is -0.409. The molecule has 1 aliphatic rings. The average molecular weight is 384 g/mol. The first-order chi connectivity index (χ1) is 12.4. The number of rotatable bonds is 6. The summed E-state index contributed by atoms with van der Waals surface area (Å²) >= 11 is 5.88. The van der Waals surface area contributed by atoms with Gasteiger partial charge in [-0.2, -0.15) is 0 Å². The number of carbonyl (C=O) groups is 1. The molecule has 144 valence electrons. The lowest BCUT2D eigenvalue weighted by molar-refractivity contribution is -0.127. The molecule has 1 heterocycles. The Morgan fingerprint density at radius 3 is 2.88 bits per heavy atom. The zero-order valence-corrected chi connectivity index (χ0v) is 16.3. The molecular formula is C18H27ClFN5O. The number of halogens is 2. The van der Waals surface area contributed by atoms with Crippen LogP contribution in [0.15, 0.2) is 23.2 Å².